The molecule has 0 spiro atoms. The predicted molar refractivity (Wildman–Crippen MR) is 102 cm³/mol. The van der Waals surface area contributed by atoms with Crippen molar-refractivity contribution < 1.29 is 14.3 Å². The lowest BCUT2D eigenvalue weighted by Gasteiger charge is -2.10. The van der Waals surface area contributed by atoms with Crippen LogP contribution >= 0.6 is 0 Å². The van der Waals surface area contributed by atoms with E-state index in [0.29, 0.717) is 17.9 Å². The topological polar surface area (TPSA) is 72.5 Å². The molecule has 0 unspecified atom stereocenters. The average Bonchev–Trinajstić information content (AvgIpc) is 3.15. The molecule has 0 bridgehead atoms. The molecule has 27 heavy (non-hydrogen) atoms. The fourth-order valence-corrected chi connectivity index (χ4v) is 2.86. The number of pyridine rings is 1. The molecule has 0 saturated heterocycles. The van der Waals surface area contributed by atoms with Crippen LogP contribution in [-0.4, -0.2) is 17.7 Å². The third kappa shape index (κ3) is 3.84. The largest absolute Gasteiger partial charge is 0.454 e. The van der Waals surface area contributed by atoms with Crippen LogP contribution in [0.1, 0.15) is 21.5 Å². The third-order valence-corrected chi connectivity index (χ3v) is 4.36. The third-order valence-electron chi connectivity index (χ3n) is 4.36. The Morgan fingerprint density at radius 2 is 1.89 bits per heavy atom. The minimum atomic E-state index is -0.167. The first kappa shape index (κ1) is 16.9. The molecule has 4 rings (SSSR count). The summed E-state index contributed by atoms with van der Waals surface area (Å²) in [6, 6.07) is 15.3. The Morgan fingerprint density at radius 1 is 1.04 bits per heavy atom. The van der Waals surface area contributed by atoms with Gasteiger partial charge in [0.05, 0.1) is 17.4 Å². The molecule has 2 heterocycles. The van der Waals surface area contributed by atoms with Crippen molar-refractivity contribution in [3.05, 3.63) is 77.6 Å². The van der Waals surface area contributed by atoms with Crippen molar-refractivity contribution in [3.63, 3.8) is 0 Å². The maximum absolute atomic E-state index is 12.5. The van der Waals surface area contributed by atoms with E-state index in [4.69, 9.17) is 9.47 Å². The predicted octanol–water partition coefficient (Wildman–Crippen LogP) is 3.79. The molecule has 3 aromatic rings. The Kier molecular flexibility index (Phi) is 4.61. The summed E-state index contributed by atoms with van der Waals surface area (Å²) in [4.78, 5) is 16.6. The van der Waals surface area contributed by atoms with Gasteiger partial charge in [0.15, 0.2) is 11.5 Å². The van der Waals surface area contributed by atoms with E-state index in [9.17, 15) is 4.79 Å². The number of aryl methyl sites for hydroxylation is 1. The number of hydrogen-bond donors (Lipinski definition) is 2. The van der Waals surface area contributed by atoms with Crippen LogP contribution in [0.4, 0.5) is 11.4 Å². The van der Waals surface area contributed by atoms with Gasteiger partial charge in [-0.25, -0.2) is 0 Å². The van der Waals surface area contributed by atoms with Crippen LogP contribution in [0, 0.1) is 6.92 Å². The van der Waals surface area contributed by atoms with Gasteiger partial charge in [-0.2, -0.15) is 0 Å². The van der Waals surface area contributed by atoms with E-state index in [1.54, 1.807) is 18.5 Å². The fourth-order valence-electron chi connectivity index (χ4n) is 2.86. The molecule has 1 aliphatic heterocycles. The lowest BCUT2D eigenvalue weighted by Crippen LogP contribution is -2.23. The fraction of sp³-hybridized carbons (Fsp3) is 0.143. The molecule has 0 aliphatic carbocycles. The van der Waals surface area contributed by atoms with Crippen LogP contribution in [-0.2, 0) is 6.54 Å². The van der Waals surface area contributed by atoms with E-state index in [1.807, 2.05) is 49.4 Å². The zero-order valence-corrected chi connectivity index (χ0v) is 14.9. The summed E-state index contributed by atoms with van der Waals surface area (Å²) in [7, 11) is 0. The molecule has 0 saturated carbocycles. The van der Waals surface area contributed by atoms with Gasteiger partial charge >= 0.3 is 0 Å². The standard InChI is InChI=1S/C21H19N3O3/c1-14-4-2-3-5-15(14)11-23-21(25)16-8-18(12-22-10-16)24-17-6-7-19-20(9-17)27-13-26-19/h2-10,12,24H,11,13H2,1H3,(H,23,25). The quantitative estimate of drug-likeness (QED) is 0.723. The molecular weight excluding hydrogens is 342 g/mol. The zero-order chi connectivity index (χ0) is 18.6. The van der Waals surface area contributed by atoms with Crippen molar-refractivity contribution in [2.75, 3.05) is 12.1 Å². The number of fused-ring (bicyclic) bond motifs is 1. The minimum Gasteiger partial charge on any atom is -0.454 e. The highest BCUT2D eigenvalue weighted by atomic mass is 16.7. The lowest BCUT2D eigenvalue weighted by molar-refractivity contribution is 0.0950. The van der Waals surface area contributed by atoms with Gasteiger partial charge in [0.25, 0.3) is 5.91 Å². The number of ether oxygens (including phenoxy) is 2. The van der Waals surface area contributed by atoms with Gasteiger partial charge in [-0.3, -0.25) is 9.78 Å². The highest BCUT2D eigenvalue weighted by Gasteiger charge is 2.13. The van der Waals surface area contributed by atoms with Gasteiger partial charge in [-0.15, -0.1) is 0 Å². The minimum absolute atomic E-state index is 0.167. The summed E-state index contributed by atoms with van der Waals surface area (Å²) in [5, 5.41) is 6.17. The van der Waals surface area contributed by atoms with E-state index in [1.165, 1.54) is 0 Å². The molecule has 0 radical (unpaired) electrons. The number of carbonyl (C=O) groups excluding carboxylic acids is 1. The smallest absolute Gasteiger partial charge is 0.253 e. The highest BCUT2D eigenvalue weighted by molar-refractivity contribution is 5.94. The van der Waals surface area contributed by atoms with Gasteiger partial charge in [-0.05, 0) is 36.2 Å². The van der Waals surface area contributed by atoms with Crippen molar-refractivity contribution in [1.82, 2.24) is 10.3 Å². The summed E-state index contributed by atoms with van der Waals surface area (Å²) in [5.74, 6) is 1.25. The molecular formula is C21H19N3O3. The molecule has 1 amide bonds. The van der Waals surface area contributed by atoms with Crippen LogP contribution in [0.25, 0.3) is 0 Å². The van der Waals surface area contributed by atoms with E-state index >= 15 is 0 Å². The second-order valence-corrected chi connectivity index (χ2v) is 6.26. The molecule has 6 nitrogen and oxygen atoms in total. The number of benzene rings is 2. The van der Waals surface area contributed by atoms with Crippen LogP contribution < -0.4 is 20.1 Å². The number of nitrogens with zero attached hydrogens (tertiary/aromatic N) is 1. The summed E-state index contributed by atoms with van der Waals surface area (Å²) in [5.41, 5.74) is 4.29. The number of aromatic nitrogens is 1. The Morgan fingerprint density at radius 3 is 2.78 bits per heavy atom. The van der Waals surface area contributed by atoms with E-state index in [-0.39, 0.29) is 12.7 Å². The second-order valence-electron chi connectivity index (χ2n) is 6.26. The molecule has 1 aromatic heterocycles. The van der Waals surface area contributed by atoms with Gasteiger partial charge < -0.3 is 20.1 Å². The molecule has 0 atom stereocenters. The summed E-state index contributed by atoms with van der Waals surface area (Å²) >= 11 is 0. The highest BCUT2D eigenvalue weighted by Crippen LogP contribution is 2.35. The van der Waals surface area contributed by atoms with E-state index in [2.05, 4.69) is 15.6 Å². The second kappa shape index (κ2) is 7.37. The number of nitrogens with one attached hydrogen (secondary N) is 2. The van der Waals surface area contributed by atoms with Crippen molar-refractivity contribution in [2.24, 2.45) is 0 Å². The van der Waals surface area contributed by atoms with Crippen molar-refractivity contribution in [1.29, 1.82) is 0 Å². The molecule has 136 valence electrons. The number of hydrogen-bond acceptors (Lipinski definition) is 5. The van der Waals surface area contributed by atoms with Crippen molar-refractivity contribution in [2.45, 2.75) is 13.5 Å². The van der Waals surface area contributed by atoms with Crippen LogP contribution in [0.5, 0.6) is 11.5 Å². The Balaban J connectivity index is 1.44. The van der Waals surface area contributed by atoms with Gasteiger partial charge in [0.1, 0.15) is 0 Å². The molecule has 1 aliphatic rings. The SMILES string of the molecule is Cc1ccccc1CNC(=O)c1cncc(Nc2ccc3c(c2)OCO3)c1. The number of amides is 1. The van der Waals surface area contributed by atoms with Gasteiger partial charge in [0, 0.05) is 24.5 Å². The summed E-state index contributed by atoms with van der Waals surface area (Å²) in [6.45, 7) is 2.74. The zero-order valence-electron chi connectivity index (χ0n) is 14.9. The Hall–Kier alpha value is -3.54. The molecule has 2 N–H and O–H groups in total. The Labute approximate surface area is 157 Å². The van der Waals surface area contributed by atoms with Gasteiger partial charge in [-0.1, -0.05) is 24.3 Å². The van der Waals surface area contributed by atoms with Crippen molar-refractivity contribution in [3.8, 4) is 11.5 Å². The molecule has 6 heteroatoms. The first-order valence-electron chi connectivity index (χ1n) is 8.63. The maximum atomic E-state index is 12.5. The first-order valence-corrected chi connectivity index (χ1v) is 8.63. The van der Waals surface area contributed by atoms with Gasteiger partial charge in [0.2, 0.25) is 6.79 Å². The number of anilines is 2. The normalized spacial score (nSPS) is 11.9. The number of rotatable bonds is 5. The van der Waals surface area contributed by atoms with Crippen LogP contribution in [0.3, 0.4) is 0 Å². The van der Waals surface area contributed by atoms with Crippen molar-refractivity contribution >= 4 is 17.3 Å². The summed E-state index contributed by atoms with van der Waals surface area (Å²) < 4.78 is 10.7. The first-order chi connectivity index (χ1) is 13.2. The van der Waals surface area contributed by atoms with Crippen LogP contribution in [0.15, 0.2) is 60.9 Å². The maximum Gasteiger partial charge on any atom is 0.253 e. The number of carbonyl (C=O) groups is 1. The van der Waals surface area contributed by atoms with E-state index < -0.39 is 0 Å². The summed E-state index contributed by atoms with van der Waals surface area (Å²) in [6.07, 6.45) is 3.22. The van der Waals surface area contributed by atoms with Crippen LogP contribution in [0.2, 0.25) is 0 Å². The molecule has 2 aromatic carbocycles. The average molecular weight is 361 g/mol. The molecule has 0 fully saturated rings. The monoisotopic (exact) mass is 361 g/mol. The lowest BCUT2D eigenvalue weighted by atomic mass is 10.1. The Bertz CT molecular complexity index is 988. The van der Waals surface area contributed by atoms with E-state index in [0.717, 1.165) is 28.3 Å².